The molecule has 3 aromatic carbocycles. The maximum absolute atomic E-state index is 13.7. The summed E-state index contributed by atoms with van der Waals surface area (Å²) in [4.78, 5) is 17.8. The van der Waals surface area contributed by atoms with Crippen molar-refractivity contribution in [1.82, 2.24) is 14.9 Å². The highest BCUT2D eigenvalue weighted by atomic mass is 19.1. The van der Waals surface area contributed by atoms with E-state index in [4.69, 9.17) is 0 Å². The van der Waals surface area contributed by atoms with Crippen molar-refractivity contribution in [2.75, 3.05) is 0 Å². The third-order valence-corrected chi connectivity index (χ3v) is 6.34. The Hall–Kier alpha value is -3.73. The van der Waals surface area contributed by atoms with Gasteiger partial charge in [-0.3, -0.25) is 4.79 Å². The molecule has 0 fully saturated rings. The molecule has 0 aliphatic carbocycles. The standard InChI is InChI=1S/C28H26FN3O/c29-24-13-7-12-22(17-24)23-14-15-27-30-26(19-32(27)18-23)28(33)31-25(21-10-5-2-6-11-21)16-20-8-3-1-4-9-20/h1-13,17,19,23,25H,14-16,18H2,(H,31,33)/t23-,25-/m0/s1. The lowest BCUT2D eigenvalue weighted by Crippen LogP contribution is -2.30. The molecule has 0 radical (unpaired) electrons. The minimum Gasteiger partial charge on any atom is -0.344 e. The van der Waals surface area contributed by atoms with Crippen molar-refractivity contribution < 1.29 is 9.18 Å². The Bertz CT molecular complexity index is 1240. The maximum Gasteiger partial charge on any atom is 0.271 e. The number of nitrogens with one attached hydrogen (secondary N) is 1. The number of carbonyl (C=O) groups is 1. The average molecular weight is 440 g/mol. The van der Waals surface area contributed by atoms with Gasteiger partial charge in [-0.05, 0) is 41.7 Å². The van der Waals surface area contributed by atoms with E-state index in [0.717, 1.165) is 35.4 Å². The molecule has 1 amide bonds. The number of aryl methyl sites for hydroxylation is 1. The predicted molar refractivity (Wildman–Crippen MR) is 126 cm³/mol. The van der Waals surface area contributed by atoms with E-state index >= 15 is 0 Å². The van der Waals surface area contributed by atoms with Gasteiger partial charge in [-0.15, -0.1) is 0 Å². The van der Waals surface area contributed by atoms with Gasteiger partial charge in [-0.2, -0.15) is 0 Å². The number of hydrogen-bond donors (Lipinski definition) is 1. The van der Waals surface area contributed by atoms with Gasteiger partial charge in [0, 0.05) is 25.1 Å². The van der Waals surface area contributed by atoms with E-state index in [1.54, 1.807) is 12.1 Å². The Morgan fingerprint density at radius 1 is 1.03 bits per heavy atom. The van der Waals surface area contributed by atoms with Crippen molar-refractivity contribution in [3.05, 3.63) is 125 Å². The molecule has 1 aromatic heterocycles. The normalized spacial score (nSPS) is 16.1. The van der Waals surface area contributed by atoms with E-state index in [1.807, 2.05) is 65.4 Å². The molecule has 166 valence electrons. The second-order valence-corrected chi connectivity index (χ2v) is 8.61. The second kappa shape index (κ2) is 9.41. The summed E-state index contributed by atoms with van der Waals surface area (Å²) in [5, 5.41) is 3.19. The fourth-order valence-electron chi connectivity index (χ4n) is 4.61. The largest absolute Gasteiger partial charge is 0.344 e. The molecular formula is C28H26FN3O. The van der Waals surface area contributed by atoms with E-state index in [2.05, 4.69) is 22.4 Å². The minimum absolute atomic E-state index is 0.153. The summed E-state index contributed by atoms with van der Waals surface area (Å²) >= 11 is 0. The van der Waals surface area contributed by atoms with E-state index in [-0.39, 0.29) is 23.7 Å². The topological polar surface area (TPSA) is 46.9 Å². The van der Waals surface area contributed by atoms with E-state index in [1.165, 1.54) is 6.07 Å². The van der Waals surface area contributed by atoms with Gasteiger partial charge in [0.05, 0.1) is 6.04 Å². The number of nitrogens with zero attached hydrogens (tertiary/aromatic N) is 2. The van der Waals surface area contributed by atoms with Crippen LogP contribution in [-0.2, 0) is 19.4 Å². The Balaban J connectivity index is 1.34. The Kier molecular flexibility index (Phi) is 6.03. The second-order valence-electron chi connectivity index (χ2n) is 8.61. The van der Waals surface area contributed by atoms with Crippen molar-refractivity contribution in [3.63, 3.8) is 0 Å². The summed E-state index contributed by atoms with van der Waals surface area (Å²) in [7, 11) is 0. The lowest BCUT2D eigenvalue weighted by Gasteiger charge is -2.24. The molecule has 4 aromatic rings. The third-order valence-electron chi connectivity index (χ3n) is 6.34. The molecule has 1 aliphatic heterocycles. The first-order valence-electron chi connectivity index (χ1n) is 11.4. The van der Waals surface area contributed by atoms with Crippen molar-refractivity contribution in [2.45, 2.75) is 37.8 Å². The van der Waals surface area contributed by atoms with Gasteiger partial charge in [0.15, 0.2) is 0 Å². The van der Waals surface area contributed by atoms with Crippen LogP contribution in [0.25, 0.3) is 0 Å². The number of hydrogen-bond acceptors (Lipinski definition) is 2. The Morgan fingerprint density at radius 2 is 1.79 bits per heavy atom. The van der Waals surface area contributed by atoms with Crippen LogP contribution in [0.4, 0.5) is 4.39 Å². The third kappa shape index (κ3) is 4.87. The number of fused-ring (bicyclic) bond motifs is 1. The van der Waals surface area contributed by atoms with Gasteiger partial charge >= 0.3 is 0 Å². The van der Waals surface area contributed by atoms with Crippen molar-refractivity contribution in [3.8, 4) is 0 Å². The number of halogens is 1. The smallest absolute Gasteiger partial charge is 0.271 e. The summed E-state index contributed by atoms with van der Waals surface area (Å²) in [5.74, 6) is 0.735. The van der Waals surface area contributed by atoms with Crippen LogP contribution >= 0.6 is 0 Å². The Morgan fingerprint density at radius 3 is 2.55 bits per heavy atom. The summed E-state index contributed by atoms with van der Waals surface area (Å²) < 4.78 is 15.7. The van der Waals surface area contributed by atoms with Gasteiger partial charge < -0.3 is 9.88 Å². The van der Waals surface area contributed by atoms with Crippen LogP contribution in [0.15, 0.2) is 91.1 Å². The Labute approximate surface area is 193 Å². The zero-order valence-electron chi connectivity index (χ0n) is 18.3. The zero-order valence-corrected chi connectivity index (χ0v) is 18.3. The molecule has 0 unspecified atom stereocenters. The van der Waals surface area contributed by atoms with Gasteiger partial charge in [-0.1, -0.05) is 72.8 Å². The van der Waals surface area contributed by atoms with Crippen molar-refractivity contribution in [2.24, 2.45) is 0 Å². The number of benzene rings is 3. The molecule has 0 bridgehead atoms. The van der Waals surface area contributed by atoms with E-state index in [9.17, 15) is 9.18 Å². The predicted octanol–water partition coefficient (Wildman–Crippen LogP) is 5.47. The number of rotatable bonds is 6. The number of amides is 1. The van der Waals surface area contributed by atoms with Crippen LogP contribution in [0.2, 0.25) is 0 Å². The highest BCUT2D eigenvalue weighted by molar-refractivity contribution is 5.92. The average Bonchev–Trinajstić information content (AvgIpc) is 3.28. The van der Waals surface area contributed by atoms with Crippen LogP contribution in [0.3, 0.4) is 0 Å². The van der Waals surface area contributed by atoms with Crippen LogP contribution in [-0.4, -0.2) is 15.5 Å². The molecule has 0 spiro atoms. The first-order valence-corrected chi connectivity index (χ1v) is 11.4. The van der Waals surface area contributed by atoms with Gasteiger partial charge in [0.2, 0.25) is 0 Å². The van der Waals surface area contributed by atoms with Gasteiger partial charge in [0.25, 0.3) is 5.91 Å². The summed E-state index contributed by atoms with van der Waals surface area (Å²) in [6.07, 6.45) is 4.19. The molecule has 2 atom stereocenters. The quantitative estimate of drug-likeness (QED) is 0.433. The molecule has 5 rings (SSSR count). The molecule has 1 aliphatic rings. The number of imidazole rings is 1. The number of aromatic nitrogens is 2. The lowest BCUT2D eigenvalue weighted by molar-refractivity contribution is 0.0931. The molecule has 2 heterocycles. The first-order chi connectivity index (χ1) is 16.2. The van der Waals surface area contributed by atoms with Crippen LogP contribution in [0, 0.1) is 5.82 Å². The molecule has 4 nitrogen and oxygen atoms in total. The molecule has 0 saturated carbocycles. The van der Waals surface area contributed by atoms with Gasteiger partial charge in [-0.25, -0.2) is 9.37 Å². The fourth-order valence-corrected chi connectivity index (χ4v) is 4.61. The lowest BCUT2D eigenvalue weighted by atomic mass is 9.91. The monoisotopic (exact) mass is 439 g/mol. The minimum atomic E-state index is -0.214. The molecule has 0 saturated heterocycles. The maximum atomic E-state index is 13.7. The highest BCUT2D eigenvalue weighted by Gasteiger charge is 2.25. The van der Waals surface area contributed by atoms with E-state index < -0.39 is 0 Å². The van der Waals surface area contributed by atoms with Crippen LogP contribution < -0.4 is 5.32 Å². The van der Waals surface area contributed by atoms with Crippen LogP contribution in [0.1, 0.15) is 51.4 Å². The fraction of sp³-hybridized carbons (Fsp3) is 0.214. The zero-order chi connectivity index (χ0) is 22.6. The first kappa shape index (κ1) is 21.1. The number of carbonyl (C=O) groups excluding carboxylic acids is 1. The van der Waals surface area contributed by atoms with Crippen LogP contribution in [0.5, 0.6) is 0 Å². The summed E-state index contributed by atoms with van der Waals surface area (Å²) in [5.41, 5.74) is 3.64. The summed E-state index contributed by atoms with van der Waals surface area (Å²) in [6.45, 7) is 0.700. The summed E-state index contributed by atoms with van der Waals surface area (Å²) in [6, 6.07) is 26.8. The van der Waals surface area contributed by atoms with Crippen molar-refractivity contribution in [1.29, 1.82) is 0 Å². The SMILES string of the molecule is O=C(N[C@@H](Cc1ccccc1)c1ccccc1)c1cn2c(n1)CC[C@H](c1cccc(F)c1)C2. The van der Waals surface area contributed by atoms with E-state index in [0.29, 0.717) is 18.7 Å². The highest BCUT2D eigenvalue weighted by Crippen LogP contribution is 2.29. The van der Waals surface area contributed by atoms with Gasteiger partial charge in [0.1, 0.15) is 17.3 Å². The molecule has 5 heteroatoms. The molecule has 33 heavy (non-hydrogen) atoms. The molecule has 1 N–H and O–H groups in total. The molecular weight excluding hydrogens is 413 g/mol. The van der Waals surface area contributed by atoms with Crippen molar-refractivity contribution >= 4 is 5.91 Å².